The van der Waals surface area contributed by atoms with E-state index in [4.69, 9.17) is 4.98 Å². The summed E-state index contributed by atoms with van der Waals surface area (Å²) in [7, 11) is 0. The van der Waals surface area contributed by atoms with Gasteiger partial charge in [0.15, 0.2) is 10.8 Å². The SMILES string of the molecule is CCc1nc(-n2nccn2)nc2nc(N3CCC[C@@H]3C(=O)NCc3ccccc3)sc12. The number of amides is 1. The van der Waals surface area contributed by atoms with Crippen molar-refractivity contribution in [3.8, 4) is 5.95 Å². The number of thiazole rings is 1. The molecule has 1 saturated heterocycles. The zero-order chi connectivity index (χ0) is 21.2. The Labute approximate surface area is 183 Å². The highest BCUT2D eigenvalue weighted by Crippen LogP contribution is 2.34. The summed E-state index contributed by atoms with van der Waals surface area (Å²) in [5.41, 5.74) is 2.61. The van der Waals surface area contributed by atoms with Crippen LogP contribution in [-0.4, -0.2) is 48.4 Å². The summed E-state index contributed by atoms with van der Waals surface area (Å²) in [6.45, 7) is 3.37. The maximum absolute atomic E-state index is 12.9. The highest BCUT2D eigenvalue weighted by molar-refractivity contribution is 7.22. The van der Waals surface area contributed by atoms with Gasteiger partial charge in [0.2, 0.25) is 5.91 Å². The number of fused-ring (bicyclic) bond motifs is 1. The lowest BCUT2D eigenvalue weighted by Crippen LogP contribution is -2.43. The molecule has 0 unspecified atom stereocenters. The van der Waals surface area contributed by atoms with Crippen LogP contribution in [0.25, 0.3) is 16.3 Å². The number of nitrogens with zero attached hydrogens (tertiary/aromatic N) is 7. The van der Waals surface area contributed by atoms with Crippen molar-refractivity contribution in [2.24, 2.45) is 0 Å². The molecular weight excluding hydrogens is 412 g/mol. The monoisotopic (exact) mass is 434 g/mol. The summed E-state index contributed by atoms with van der Waals surface area (Å²) in [6, 6.07) is 9.72. The minimum Gasteiger partial charge on any atom is -0.350 e. The van der Waals surface area contributed by atoms with E-state index in [-0.39, 0.29) is 11.9 Å². The standard InChI is InChI=1S/C21H22N8OS/c1-2-15-17-18(26-20(25-15)29-23-10-11-24-29)27-21(31-17)28-12-6-9-16(28)19(30)22-13-14-7-4-3-5-8-14/h3-5,7-8,10-11,16H,2,6,9,12-13H2,1H3,(H,22,30)/t16-/m1/s1. The van der Waals surface area contributed by atoms with Gasteiger partial charge in [-0.05, 0) is 24.8 Å². The fraction of sp³-hybridized carbons (Fsp3) is 0.333. The van der Waals surface area contributed by atoms with E-state index < -0.39 is 0 Å². The molecule has 0 saturated carbocycles. The molecule has 1 aromatic carbocycles. The summed E-state index contributed by atoms with van der Waals surface area (Å²) in [6.07, 6.45) is 5.69. The molecule has 10 heteroatoms. The normalized spacial score (nSPS) is 16.2. The Morgan fingerprint density at radius 3 is 2.74 bits per heavy atom. The molecule has 9 nitrogen and oxygen atoms in total. The predicted octanol–water partition coefficient (Wildman–Crippen LogP) is 2.51. The molecule has 1 amide bonds. The number of carbonyl (C=O) groups is 1. The van der Waals surface area contributed by atoms with Crippen LogP contribution in [0.1, 0.15) is 31.0 Å². The van der Waals surface area contributed by atoms with Crippen molar-refractivity contribution >= 4 is 32.7 Å². The topological polar surface area (TPSA) is 102 Å². The number of hydrogen-bond acceptors (Lipinski definition) is 8. The maximum Gasteiger partial charge on any atom is 0.271 e. The van der Waals surface area contributed by atoms with E-state index >= 15 is 0 Å². The van der Waals surface area contributed by atoms with Gasteiger partial charge >= 0.3 is 0 Å². The third kappa shape index (κ3) is 3.86. The van der Waals surface area contributed by atoms with Crippen molar-refractivity contribution < 1.29 is 4.79 Å². The van der Waals surface area contributed by atoms with Gasteiger partial charge in [-0.1, -0.05) is 48.6 Å². The average Bonchev–Trinajstić information content (AvgIpc) is 3.57. The number of aryl methyl sites for hydroxylation is 1. The second-order valence-electron chi connectivity index (χ2n) is 7.35. The Balaban J connectivity index is 1.40. The molecular formula is C21H22N8OS. The molecule has 3 aromatic heterocycles. The van der Waals surface area contributed by atoms with Crippen LogP contribution < -0.4 is 10.2 Å². The number of carbonyl (C=O) groups excluding carboxylic acids is 1. The van der Waals surface area contributed by atoms with E-state index in [0.29, 0.717) is 18.1 Å². The third-order valence-electron chi connectivity index (χ3n) is 5.34. The van der Waals surface area contributed by atoms with Crippen LogP contribution >= 0.6 is 11.3 Å². The minimum absolute atomic E-state index is 0.0313. The van der Waals surface area contributed by atoms with Gasteiger partial charge < -0.3 is 10.2 Å². The number of hydrogen-bond donors (Lipinski definition) is 1. The average molecular weight is 435 g/mol. The molecule has 5 rings (SSSR count). The first-order chi connectivity index (χ1) is 15.2. The van der Waals surface area contributed by atoms with Crippen molar-refractivity contribution in [2.45, 2.75) is 38.8 Å². The zero-order valence-electron chi connectivity index (χ0n) is 17.1. The van der Waals surface area contributed by atoms with Gasteiger partial charge in [0.05, 0.1) is 22.8 Å². The van der Waals surface area contributed by atoms with Crippen LogP contribution in [0.2, 0.25) is 0 Å². The first-order valence-corrected chi connectivity index (χ1v) is 11.2. The van der Waals surface area contributed by atoms with E-state index in [9.17, 15) is 4.79 Å². The van der Waals surface area contributed by atoms with Gasteiger partial charge in [-0.3, -0.25) is 4.79 Å². The Bertz CT molecular complexity index is 1190. The number of aromatic nitrogens is 6. The Hall–Kier alpha value is -3.40. The summed E-state index contributed by atoms with van der Waals surface area (Å²) < 4.78 is 0.948. The second-order valence-corrected chi connectivity index (χ2v) is 8.32. The fourth-order valence-corrected chi connectivity index (χ4v) is 4.94. The molecule has 0 radical (unpaired) electrons. The smallest absolute Gasteiger partial charge is 0.271 e. The maximum atomic E-state index is 12.9. The van der Waals surface area contributed by atoms with Gasteiger partial charge in [0.25, 0.3) is 5.95 Å². The molecule has 1 aliphatic heterocycles. The lowest BCUT2D eigenvalue weighted by Gasteiger charge is -2.23. The molecule has 1 aliphatic rings. The largest absolute Gasteiger partial charge is 0.350 e. The molecule has 0 bridgehead atoms. The van der Waals surface area contributed by atoms with Crippen molar-refractivity contribution in [3.63, 3.8) is 0 Å². The van der Waals surface area contributed by atoms with Crippen molar-refractivity contribution in [1.29, 1.82) is 0 Å². The van der Waals surface area contributed by atoms with Crippen LogP contribution in [0.3, 0.4) is 0 Å². The number of anilines is 1. The first-order valence-electron chi connectivity index (χ1n) is 10.4. The quantitative estimate of drug-likeness (QED) is 0.497. The van der Waals surface area contributed by atoms with Crippen molar-refractivity contribution in [3.05, 3.63) is 54.0 Å². The van der Waals surface area contributed by atoms with Gasteiger partial charge in [0.1, 0.15) is 6.04 Å². The molecule has 1 atom stereocenters. The predicted molar refractivity (Wildman–Crippen MR) is 118 cm³/mol. The molecule has 31 heavy (non-hydrogen) atoms. The summed E-state index contributed by atoms with van der Waals surface area (Å²) in [5, 5.41) is 12.1. The Morgan fingerprint density at radius 1 is 1.16 bits per heavy atom. The summed E-state index contributed by atoms with van der Waals surface area (Å²) in [4.78, 5) is 30.4. The van der Waals surface area contributed by atoms with Crippen LogP contribution in [0.4, 0.5) is 5.13 Å². The lowest BCUT2D eigenvalue weighted by molar-refractivity contribution is -0.122. The number of nitrogens with one attached hydrogen (secondary N) is 1. The van der Waals surface area contributed by atoms with E-state index in [1.807, 2.05) is 30.3 Å². The Morgan fingerprint density at radius 2 is 1.97 bits per heavy atom. The summed E-state index contributed by atoms with van der Waals surface area (Å²) >= 11 is 1.55. The first kappa shape index (κ1) is 19.6. The molecule has 1 fully saturated rings. The van der Waals surface area contributed by atoms with Crippen molar-refractivity contribution in [1.82, 2.24) is 35.3 Å². The van der Waals surface area contributed by atoms with E-state index in [1.54, 1.807) is 23.7 Å². The second kappa shape index (κ2) is 8.38. The highest BCUT2D eigenvalue weighted by Gasteiger charge is 2.33. The van der Waals surface area contributed by atoms with Gasteiger partial charge in [-0.25, -0.2) is 4.98 Å². The molecule has 0 spiro atoms. The lowest BCUT2D eigenvalue weighted by atomic mass is 10.2. The molecule has 4 aromatic rings. The van der Waals surface area contributed by atoms with Gasteiger partial charge in [0, 0.05) is 13.1 Å². The van der Waals surface area contributed by atoms with E-state index in [1.165, 1.54) is 4.80 Å². The van der Waals surface area contributed by atoms with Crippen LogP contribution in [0, 0.1) is 0 Å². The van der Waals surface area contributed by atoms with E-state index in [2.05, 4.69) is 37.3 Å². The van der Waals surface area contributed by atoms with Crippen LogP contribution in [0.15, 0.2) is 42.7 Å². The van der Waals surface area contributed by atoms with Crippen molar-refractivity contribution in [2.75, 3.05) is 11.4 Å². The molecule has 1 N–H and O–H groups in total. The van der Waals surface area contributed by atoms with Gasteiger partial charge in [-0.15, -0.1) is 4.80 Å². The molecule has 158 valence electrons. The molecule has 4 heterocycles. The Kier molecular flexibility index (Phi) is 5.29. The van der Waals surface area contributed by atoms with Crippen LogP contribution in [0.5, 0.6) is 0 Å². The highest BCUT2D eigenvalue weighted by atomic mass is 32.1. The minimum atomic E-state index is -0.227. The third-order valence-corrected chi connectivity index (χ3v) is 6.47. The van der Waals surface area contributed by atoms with E-state index in [0.717, 1.165) is 46.9 Å². The van der Waals surface area contributed by atoms with Gasteiger partial charge in [-0.2, -0.15) is 20.2 Å². The zero-order valence-corrected chi connectivity index (χ0v) is 17.9. The summed E-state index contributed by atoms with van der Waals surface area (Å²) in [5.74, 6) is 0.439. The number of benzene rings is 1. The number of rotatable bonds is 6. The fourth-order valence-electron chi connectivity index (χ4n) is 3.80. The molecule has 0 aliphatic carbocycles. The van der Waals surface area contributed by atoms with Crippen LogP contribution in [-0.2, 0) is 17.8 Å².